The molecule has 0 aromatic carbocycles. The molecule has 1 aliphatic carbocycles. The summed E-state index contributed by atoms with van der Waals surface area (Å²) >= 11 is 0. The van der Waals surface area contributed by atoms with E-state index in [1.54, 1.807) is 13.8 Å². The molecule has 0 unspecified atom stereocenters. The molecule has 0 saturated heterocycles. The Morgan fingerprint density at radius 3 is 2.48 bits per heavy atom. The number of aliphatic carboxylic acids is 1. The van der Waals surface area contributed by atoms with E-state index in [0.717, 1.165) is 64.2 Å². The van der Waals surface area contributed by atoms with Gasteiger partial charge in [-0.1, -0.05) is 71.4 Å². The lowest BCUT2D eigenvalue weighted by Crippen LogP contribution is -2.44. The molecule has 0 aromatic rings. The van der Waals surface area contributed by atoms with Crippen LogP contribution in [0.1, 0.15) is 97.8 Å². The molecule has 0 aromatic heterocycles. The third-order valence-electron chi connectivity index (χ3n) is 6.26. The van der Waals surface area contributed by atoms with Crippen LogP contribution in [0, 0.1) is 17.8 Å². The van der Waals surface area contributed by atoms with Gasteiger partial charge in [0.05, 0.1) is 6.10 Å². The van der Waals surface area contributed by atoms with Gasteiger partial charge >= 0.3 is 5.97 Å². The number of aliphatic hydroxyl groups is 1. The van der Waals surface area contributed by atoms with E-state index in [-0.39, 0.29) is 23.7 Å². The van der Waals surface area contributed by atoms with E-state index in [1.807, 2.05) is 6.08 Å². The Balaban J connectivity index is 2.27. The molecule has 31 heavy (non-hydrogen) atoms. The van der Waals surface area contributed by atoms with Crippen LogP contribution in [-0.4, -0.2) is 40.0 Å². The average molecular weight is 438 g/mol. The van der Waals surface area contributed by atoms with Crippen LogP contribution in [0.5, 0.6) is 0 Å². The first-order chi connectivity index (χ1) is 14.8. The van der Waals surface area contributed by atoms with Gasteiger partial charge in [-0.25, -0.2) is 4.79 Å². The van der Waals surface area contributed by atoms with E-state index in [0.29, 0.717) is 18.6 Å². The molecule has 1 rings (SSSR count). The van der Waals surface area contributed by atoms with Gasteiger partial charge in [-0.2, -0.15) is 0 Å². The number of rotatable bonds is 16. The number of carbonyl (C=O) groups excluding carboxylic acids is 2. The van der Waals surface area contributed by atoms with E-state index >= 15 is 0 Å². The molecule has 3 N–H and O–H groups in total. The highest BCUT2D eigenvalue weighted by Crippen LogP contribution is 2.34. The SMILES string of the molecule is CCCCC[C@H](O)/C=C/[C@H]1CCC(=O)[C@@H]1CCCCCCC(=O)N[C@@H](C(=O)O)C(C)C. The summed E-state index contributed by atoms with van der Waals surface area (Å²) in [7, 11) is 0. The Hall–Kier alpha value is -1.69. The lowest BCUT2D eigenvalue weighted by atomic mass is 9.89. The normalized spacial score (nSPS) is 21.0. The average Bonchev–Trinajstić information content (AvgIpc) is 3.06. The Morgan fingerprint density at radius 1 is 1.13 bits per heavy atom. The highest BCUT2D eigenvalue weighted by Gasteiger charge is 2.32. The number of ketones is 1. The largest absolute Gasteiger partial charge is 0.480 e. The first-order valence-corrected chi connectivity index (χ1v) is 12.2. The van der Waals surface area contributed by atoms with Crippen LogP contribution in [-0.2, 0) is 14.4 Å². The van der Waals surface area contributed by atoms with Crippen molar-refractivity contribution in [2.75, 3.05) is 0 Å². The van der Waals surface area contributed by atoms with Gasteiger partial charge in [0.2, 0.25) is 5.91 Å². The molecule has 6 nitrogen and oxygen atoms in total. The molecule has 1 aliphatic rings. The maximum absolute atomic E-state index is 12.3. The minimum atomic E-state index is -0.998. The van der Waals surface area contributed by atoms with Gasteiger partial charge in [0.1, 0.15) is 11.8 Å². The summed E-state index contributed by atoms with van der Waals surface area (Å²) in [6.45, 7) is 5.70. The number of carboxylic acid groups (broad SMARTS) is 1. The molecule has 0 bridgehead atoms. The number of amides is 1. The first-order valence-electron chi connectivity index (χ1n) is 12.2. The predicted molar refractivity (Wildman–Crippen MR) is 123 cm³/mol. The summed E-state index contributed by atoms with van der Waals surface area (Å²) in [5.74, 6) is -0.725. The van der Waals surface area contributed by atoms with Crippen molar-refractivity contribution in [3.63, 3.8) is 0 Å². The zero-order valence-corrected chi connectivity index (χ0v) is 19.6. The van der Waals surface area contributed by atoms with Crippen molar-refractivity contribution < 1.29 is 24.6 Å². The van der Waals surface area contributed by atoms with E-state index in [9.17, 15) is 19.5 Å². The Bertz CT molecular complexity index is 586. The maximum atomic E-state index is 12.3. The summed E-state index contributed by atoms with van der Waals surface area (Å²) < 4.78 is 0. The number of carbonyl (C=O) groups is 3. The minimum Gasteiger partial charge on any atom is -0.480 e. The van der Waals surface area contributed by atoms with Gasteiger partial charge in [0.15, 0.2) is 0 Å². The molecule has 0 heterocycles. The topological polar surface area (TPSA) is 104 Å². The Kier molecular flexibility index (Phi) is 13.4. The number of aliphatic hydroxyl groups excluding tert-OH is 1. The third-order valence-corrected chi connectivity index (χ3v) is 6.26. The highest BCUT2D eigenvalue weighted by atomic mass is 16.4. The van der Waals surface area contributed by atoms with Crippen molar-refractivity contribution >= 4 is 17.7 Å². The molecule has 4 atom stereocenters. The lowest BCUT2D eigenvalue weighted by molar-refractivity contribution is -0.143. The zero-order chi connectivity index (χ0) is 23.2. The minimum absolute atomic E-state index is 0.0600. The second-order valence-electron chi connectivity index (χ2n) is 9.30. The summed E-state index contributed by atoms with van der Waals surface area (Å²) in [5, 5.41) is 21.8. The predicted octanol–water partition coefficient (Wildman–Crippen LogP) is 4.65. The fourth-order valence-electron chi connectivity index (χ4n) is 4.27. The van der Waals surface area contributed by atoms with Crippen LogP contribution in [0.25, 0.3) is 0 Å². The van der Waals surface area contributed by atoms with Crippen molar-refractivity contribution in [3.8, 4) is 0 Å². The fraction of sp³-hybridized carbons (Fsp3) is 0.800. The van der Waals surface area contributed by atoms with E-state index < -0.39 is 18.1 Å². The van der Waals surface area contributed by atoms with Crippen LogP contribution < -0.4 is 5.32 Å². The molecule has 1 saturated carbocycles. The number of unbranched alkanes of at least 4 members (excludes halogenated alkanes) is 5. The monoisotopic (exact) mass is 437 g/mol. The van der Waals surface area contributed by atoms with Crippen molar-refractivity contribution in [2.45, 2.75) is 110 Å². The van der Waals surface area contributed by atoms with E-state index in [1.165, 1.54) is 0 Å². The lowest BCUT2D eigenvalue weighted by Gasteiger charge is -2.18. The second-order valence-corrected chi connectivity index (χ2v) is 9.30. The highest BCUT2D eigenvalue weighted by molar-refractivity contribution is 5.84. The van der Waals surface area contributed by atoms with Gasteiger partial charge < -0.3 is 15.5 Å². The van der Waals surface area contributed by atoms with Crippen molar-refractivity contribution in [1.29, 1.82) is 0 Å². The van der Waals surface area contributed by atoms with Gasteiger partial charge in [0.25, 0.3) is 0 Å². The van der Waals surface area contributed by atoms with Crippen LogP contribution >= 0.6 is 0 Å². The molecule has 1 fully saturated rings. The van der Waals surface area contributed by atoms with Crippen molar-refractivity contribution in [2.24, 2.45) is 17.8 Å². The maximum Gasteiger partial charge on any atom is 0.326 e. The zero-order valence-electron chi connectivity index (χ0n) is 19.6. The number of nitrogens with one attached hydrogen (secondary N) is 1. The summed E-state index contributed by atoms with van der Waals surface area (Å²) in [6.07, 6.45) is 13.8. The smallest absolute Gasteiger partial charge is 0.326 e. The Labute approximate surface area is 187 Å². The molecule has 178 valence electrons. The molecule has 1 amide bonds. The van der Waals surface area contributed by atoms with Gasteiger partial charge in [-0.15, -0.1) is 0 Å². The molecular formula is C25H43NO5. The fourth-order valence-corrected chi connectivity index (χ4v) is 4.27. The number of hydrogen-bond acceptors (Lipinski definition) is 4. The summed E-state index contributed by atoms with van der Waals surface area (Å²) in [5.41, 5.74) is 0. The molecule has 0 radical (unpaired) electrons. The molecule has 0 spiro atoms. The molecular weight excluding hydrogens is 394 g/mol. The standard InChI is InChI=1S/C25H43NO5/c1-4-5-8-11-20(27)16-14-19-15-17-22(28)21(19)12-9-6-7-10-13-23(29)26-24(18(2)3)25(30)31/h14,16,18-21,24,27H,4-13,15,17H2,1-3H3,(H,26,29)(H,30,31)/b16-14+/t19-,20-,21+,24+/m0/s1. The number of hydrogen-bond donors (Lipinski definition) is 3. The summed E-state index contributed by atoms with van der Waals surface area (Å²) in [6, 6.07) is -0.837. The van der Waals surface area contributed by atoms with Gasteiger partial charge in [-0.05, 0) is 37.5 Å². The van der Waals surface area contributed by atoms with Crippen LogP contribution in [0.2, 0.25) is 0 Å². The molecule has 0 aliphatic heterocycles. The van der Waals surface area contributed by atoms with Gasteiger partial charge in [0, 0.05) is 18.8 Å². The van der Waals surface area contributed by atoms with Crippen LogP contribution in [0.15, 0.2) is 12.2 Å². The Morgan fingerprint density at radius 2 is 1.84 bits per heavy atom. The second kappa shape index (κ2) is 15.2. The van der Waals surface area contributed by atoms with Crippen molar-refractivity contribution in [1.82, 2.24) is 5.32 Å². The van der Waals surface area contributed by atoms with E-state index in [4.69, 9.17) is 5.11 Å². The quantitative estimate of drug-likeness (QED) is 0.241. The number of allylic oxidation sites excluding steroid dienone is 1. The first kappa shape index (κ1) is 27.3. The third kappa shape index (κ3) is 10.9. The van der Waals surface area contributed by atoms with E-state index in [2.05, 4.69) is 18.3 Å². The summed E-state index contributed by atoms with van der Waals surface area (Å²) in [4.78, 5) is 35.4. The van der Waals surface area contributed by atoms with Gasteiger partial charge in [-0.3, -0.25) is 9.59 Å². The van der Waals surface area contributed by atoms with Crippen LogP contribution in [0.3, 0.4) is 0 Å². The van der Waals surface area contributed by atoms with Crippen LogP contribution in [0.4, 0.5) is 0 Å². The number of Topliss-reactive ketones (excluding diaryl/α,β-unsaturated/α-hetero) is 1. The van der Waals surface area contributed by atoms with Crippen molar-refractivity contribution in [3.05, 3.63) is 12.2 Å². The molecule has 6 heteroatoms. The number of carboxylic acids is 1.